The highest BCUT2D eigenvalue weighted by atomic mass is 35.5. The van der Waals surface area contributed by atoms with Crippen LogP contribution in [0.15, 0.2) is 47.0 Å². The molecular weight excluding hydrogens is 370 g/mol. The molecule has 0 radical (unpaired) electrons. The van der Waals surface area contributed by atoms with E-state index in [0.717, 1.165) is 5.56 Å². The number of carbonyl (C=O) groups excluding carboxylic acids is 1. The van der Waals surface area contributed by atoms with Gasteiger partial charge in [-0.1, -0.05) is 16.8 Å². The molecule has 0 unspecified atom stereocenters. The standard InChI is InChI=1S/C19H16ClN3O4/c20-13-3-1-12(2-4-13)19-22-18(27-23-19)8-7-17(24)21-14-5-6-15-16(11-14)26-10-9-25-15/h1-6,11H,7-10H2,(H,21,24). The van der Waals surface area contributed by atoms with E-state index in [-0.39, 0.29) is 12.3 Å². The monoisotopic (exact) mass is 385 g/mol. The Bertz CT molecular complexity index is 956. The predicted octanol–water partition coefficient (Wildman–Crippen LogP) is 3.73. The highest BCUT2D eigenvalue weighted by molar-refractivity contribution is 6.30. The molecule has 7 nitrogen and oxygen atoms in total. The Morgan fingerprint density at radius 2 is 1.85 bits per heavy atom. The first kappa shape index (κ1) is 17.4. The molecule has 8 heteroatoms. The van der Waals surface area contributed by atoms with E-state index in [9.17, 15) is 4.79 Å². The van der Waals surface area contributed by atoms with Crippen molar-refractivity contribution in [2.75, 3.05) is 18.5 Å². The van der Waals surface area contributed by atoms with Gasteiger partial charge in [0.05, 0.1) is 0 Å². The van der Waals surface area contributed by atoms with Crippen molar-refractivity contribution in [2.45, 2.75) is 12.8 Å². The zero-order valence-electron chi connectivity index (χ0n) is 14.3. The number of halogens is 1. The Morgan fingerprint density at radius 3 is 2.67 bits per heavy atom. The van der Waals surface area contributed by atoms with E-state index in [2.05, 4.69) is 15.5 Å². The molecule has 0 bridgehead atoms. The summed E-state index contributed by atoms with van der Waals surface area (Å²) in [5.74, 6) is 2.02. The Morgan fingerprint density at radius 1 is 1.07 bits per heavy atom. The number of fused-ring (bicyclic) bond motifs is 1. The summed E-state index contributed by atoms with van der Waals surface area (Å²) in [6.07, 6.45) is 0.563. The summed E-state index contributed by atoms with van der Waals surface area (Å²) in [5, 5.41) is 7.40. The minimum Gasteiger partial charge on any atom is -0.486 e. The van der Waals surface area contributed by atoms with Crippen LogP contribution < -0.4 is 14.8 Å². The van der Waals surface area contributed by atoms with Crippen LogP contribution in [-0.4, -0.2) is 29.3 Å². The lowest BCUT2D eigenvalue weighted by Crippen LogP contribution is -2.16. The summed E-state index contributed by atoms with van der Waals surface area (Å²) >= 11 is 5.87. The van der Waals surface area contributed by atoms with E-state index in [1.54, 1.807) is 30.3 Å². The summed E-state index contributed by atoms with van der Waals surface area (Å²) < 4.78 is 16.2. The quantitative estimate of drug-likeness (QED) is 0.720. The van der Waals surface area contributed by atoms with Gasteiger partial charge in [-0.2, -0.15) is 4.98 Å². The van der Waals surface area contributed by atoms with Gasteiger partial charge in [0.2, 0.25) is 17.6 Å². The third-order valence-corrected chi connectivity index (χ3v) is 4.21. The lowest BCUT2D eigenvalue weighted by atomic mass is 10.2. The zero-order valence-corrected chi connectivity index (χ0v) is 15.0. The van der Waals surface area contributed by atoms with Gasteiger partial charge in [-0.3, -0.25) is 4.79 Å². The number of aromatic nitrogens is 2. The van der Waals surface area contributed by atoms with Crippen molar-refractivity contribution in [1.82, 2.24) is 10.1 Å². The number of anilines is 1. The average molecular weight is 386 g/mol. The molecule has 138 valence electrons. The van der Waals surface area contributed by atoms with Gasteiger partial charge in [-0.05, 0) is 36.4 Å². The van der Waals surface area contributed by atoms with Crippen molar-refractivity contribution < 1.29 is 18.8 Å². The van der Waals surface area contributed by atoms with Crippen LogP contribution in [0.2, 0.25) is 5.02 Å². The highest BCUT2D eigenvalue weighted by Crippen LogP contribution is 2.32. The Hall–Kier alpha value is -3.06. The minimum atomic E-state index is -0.155. The molecule has 1 aromatic heterocycles. The van der Waals surface area contributed by atoms with E-state index >= 15 is 0 Å². The molecule has 3 aromatic rings. The van der Waals surface area contributed by atoms with Crippen molar-refractivity contribution in [3.05, 3.63) is 53.4 Å². The second kappa shape index (κ2) is 7.67. The van der Waals surface area contributed by atoms with Crippen LogP contribution in [0.1, 0.15) is 12.3 Å². The van der Waals surface area contributed by atoms with Gasteiger partial charge in [0.25, 0.3) is 0 Å². The lowest BCUT2D eigenvalue weighted by Gasteiger charge is -2.18. The molecule has 0 aliphatic carbocycles. The van der Waals surface area contributed by atoms with Crippen LogP contribution in [-0.2, 0) is 11.2 Å². The highest BCUT2D eigenvalue weighted by Gasteiger charge is 2.14. The van der Waals surface area contributed by atoms with Gasteiger partial charge in [0, 0.05) is 35.2 Å². The van der Waals surface area contributed by atoms with E-state index in [1.807, 2.05) is 12.1 Å². The maximum absolute atomic E-state index is 12.2. The van der Waals surface area contributed by atoms with Gasteiger partial charge in [0.15, 0.2) is 11.5 Å². The second-order valence-corrected chi connectivity index (χ2v) is 6.36. The summed E-state index contributed by atoms with van der Waals surface area (Å²) in [6, 6.07) is 12.4. The predicted molar refractivity (Wildman–Crippen MR) is 99.1 cm³/mol. The minimum absolute atomic E-state index is 0.155. The van der Waals surface area contributed by atoms with Crippen LogP contribution in [0.5, 0.6) is 11.5 Å². The molecule has 0 atom stereocenters. The average Bonchev–Trinajstić information content (AvgIpc) is 3.16. The number of nitrogens with zero attached hydrogens (tertiary/aromatic N) is 2. The second-order valence-electron chi connectivity index (χ2n) is 5.93. The van der Waals surface area contributed by atoms with Crippen LogP contribution in [0.25, 0.3) is 11.4 Å². The maximum Gasteiger partial charge on any atom is 0.227 e. The molecule has 1 aliphatic heterocycles. The number of aryl methyl sites for hydroxylation is 1. The number of benzene rings is 2. The molecule has 0 fully saturated rings. The number of amides is 1. The van der Waals surface area contributed by atoms with Gasteiger partial charge < -0.3 is 19.3 Å². The van der Waals surface area contributed by atoms with Crippen LogP contribution in [0.3, 0.4) is 0 Å². The Kier molecular flexibility index (Phi) is 4.93. The first-order chi connectivity index (χ1) is 13.2. The largest absolute Gasteiger partial charge is 0.486 e. The van der Waals surface area contributed by atoms with Crippen LogP contribution in [0, 0.1) is 0 Å². The maximum atomic E-state index is 12.2. The smallest absolute Gasteiger partial charge is 0.227 e. The first-order valence-corrected chi connectivity index (χ1v) is 8.83. The fourth-order valence-electron chi connectivity index (χ4n) is 2.64. The summed E-state index contributed by atoms with van der Waals surface area (Å²) in [4.78, 5) is 16.5. The Balaban J connectivity index is 1.34. The number of hydrogen-bond donors (Lipinski definition) is 1. The summed E-state index contributed by atoms with van der Waals surface area (Å²) in [7, 11) is 0. The third kappa shape index (κ3) is 4.20. The molecular formula is C19H16ClN3O4. The number of hydrogen-bond acceptors (Lipinski definition) is 6. The topological polar surface area (TPSA) is 86.5 Å². The third-order valence-electron chi connectivity index (χ3n) is 3.96. The van der Waals surface area contributed by atoms with Crippen molar-refractivity contribution in [1.29, 1.82) is 0 Å². The van der Waals surface area contributed by atoms with Crippen molar-refractivity contribution in [3.8, 4) is 22.9 Å². The fraction of sp³-hybridized carbons (Fsp3) is 0.211. The molecule has 0 spiro atoms. The summed E-state index contributed by atoms with van der Waals surface area (Å²) in [5.41, 5.74) is 1.45. The molecule has 1 aliphatic rings. The van der Waals surface area contributed by atoms with E-state index in [4.69, 9.17) is 25.6 Å². The SMILES string of the molecule is O=C(CCc1nc(-c2ccc(Cl)cc2)no1)Nc1ccc2c(c1)OCCO2. The van der Waals surface area contributed by atoms with Crippen molar-refractivity contribution >= 4 is 23.2 Å². The molecule has 2 aromatic carbocycles. The van der Waals surface area contributed by atoms with Gasteiger partial charge in [-0.25, -0.2) is 0 Å². The van der Waals surface area contributed by atoms with Crippen molar-refractivity contribution in [3.63, 3.8) is 0 Å². The normalized spacial score (nSPS) is 12.6. The molecule has 27 heavy (non-hydrogen) atoms. The zero-order chi connectivity index (χ0) is 18.6. The van der Waals surface area contributed by atoms with Crippen LogP contribution in [0.4, 0.5) is 5.69 Å². The first-order valence-electron chi connectivity index (χ1n) is 8.45. The molecule has 2 heterocycles. The molecule has 1 amide bonds. The lowest BCUT2D eigenvalue weighted by molar-refractivity contribution is -0.116. The fourth-order valence-corrected chi connectivity index (χ4v) is 2.76. The number of nitrogens with one attached hydrogen (secondary N) is 1. The number of carbonyl (C=O) groups is 1. The van der Waals surface area contributed by atoms with Gasteiger partial charge >= 0.3 is 0 Å². The van der Waals surface area contributed by atoms with E-state index in [0.29, 0.717) is 53.6 Å². The molecule has 0 saturated heterocycles. The molecule has 4 rings (SSSR count). The van der Waals surface area contributed by atoms with E-state index < -0.39 is 0 Å². The van der Waals surface area contributed by atoms with Gasteiger partial charge in [-0.15, -0.1) is 0 Å². The van der Waals surface area contributed by atoms with Gasteiger partial charge in [0.1, 0.15) is 13.2 Å². The number of ether oxygens (including phenoxy) is 2. The van der Waals surface area contributed by atoms with Crippen LogP contribution >= 0.6 is 11.6 Å². The van der Waals surface area contributed by atoms with Crippen molar-refractivity contribution in [2.24, 2.45) is 0 Å². The number of rotatable bonds is 5. The Labute approximate surface area is 160 Å². The summed E-state index contributed by atoms with van der Waals surface area (Å²) in [6.45, 7) is 1.03. The molecule has 1 N–H and O–H groups in total. The molecule has 0 saturated carbocycles. The van der Waals surface area contributed by atoms with E-state index in [1.165, 1.54) is 0 Å².